The van der Waals surface area contributed by atoms with Crippen molar-refractivity contribution in [1.82, 2.24) is 15.5 Å². The molecule has 1 aromatic carbocycles. The smallest absolute Gasteiger partial charge is 0.264 e. The van der Waals surface area contributed by atoms with Crippen molar-refractivity contribution in [1.29, 1.82) is 0 Å². The Bertz CT molecular complexity index is 742. The fourth-order valence-corrected chi connectivity index (χ4v) is 1.97. The number of aryl methyl sites for hydroxylation is 1. The van der Waals surface area contributed by atoms with Crippen LogP contribution in [0.3, 0.4) is 0 Å². The minimum atomic E-state index is -0.637. The third-order valence-corrected chi connectivity index (χ3v) is 3.51. The molecule has 26 heavy (non-hydrogen) atoms. The highest BCUT2D eigenvalue weighted by Crippen LogP contribution is 2.16. The molecule has 1 aromatic heterocycles. The van der Waals surface area contributed by atoms with E-state index in [1.807, 2.05) is 13.8 Å². The quantitative estimate of drug-likeness (QED) is 0.639. The van der Waals surface area contributed by atoms with E-state index in [4.69, 9.17) is 15.0 Å². The Kier molecular flexibility index (Phi) is 6.67. The average molecular weight is 361 g/mol. The number of rotatable bonds is 8. The van der Waals surface area contributed by atoms with Crippen LogP contribution in [0.2, 0.25) is 0 Å². The van der Waals surface area contributed by atoms with Gasteiger partial charge in [0.25, 0.3) is 5.89 Å². The zero-order valence-electron chi connectivity index (χ0n) is 15.0. The summed E-state index contributed by atoms with van der Waals surface area (Å²) >= 11 is 0. The molecule has 9 nitrogen and oxygen atoms in total. The number of anilines is 1. The molecule has 1 atom stereocenters. The molecule has 2 aromatic rings. The van der Waals surface area contributed by atoms with Crippen LogP contribution in [-0.4, -0.2) is 34.5 Å². The lowest BCUT2D eigenvalue weighted by Crippen LogP contribution is -2.46. The molecule has 2 amide bonds. The van der Waals surface area contributed by atoms with E-state index in [-0.39, 0.29) is 30.9 Å². The van der Waals surface area contributed by atoms with E-state index in [9.17, 15) is 9.59 Å². The second kappa shape index (κ2) is 8.95. The number of benzene rings is 1. The second-order valence-corrected chi connectivity index (χ2v) is 6.08. The van der Waals surface area contributed by atoms with Crippen LogP contribution < -0.4 is 21.1 Å². The topological polar surface area (TPSA) is 132 Å². The molecule has 0 aliphatic carbocycles. The van der Waals surface area contributed by atoms with Crippen LogP contribution in [0, 0.1) is 12.8 Å². The lowest BCUT2D eigenvalue weighted by molar-refractivity contribution is -0.125. The van der Waals surface area contributed by atoms with Gasteiger partial charge in [-0.25, -0.2) is 0 Å². The molecule has 140 valence electrons. The van der Waals surface area contributed by atoms with Gasteiger partial charge in [0.2, 0.25) is 11.8 Å². The van der Waals surface area contributed by atoms with Crippen LogP contribution >= 0.6 is 0 Å². The Morgan fingerprint density at radius 2 is 1.96 bits per heavy atom. The number of aromatic nitrogens is 2. The average Bonchev–Trinajstić information content (AvgIpc) is 3.03. The first kappa shape index (κ1) is 19.4. The fraction of sp³-hybridized carbons (Fsp3) is 0.412. The third-order valence-electron chi connectivity index (χ3n) is 3.51. The van der Waals surface area contributed by atoms with Gasteiger partial charge >= 0.3 is 0 Å². The van der Waals surface area contributed by atoms with Crippen molar-refractivity contribution in [3.8, 4) is 5.75 Å². The van der Waals surface area contributed by atoms with Crippen molar-refractivity contribution < 1.29 is 18.8 Å². The number of hydrogen-bond donors (Lipinski definition) is 3. The Morgan fingerprint density at radius 1 is 1.27 bits per heavy atom. The van der Waals surface area contributed by atoms with Crippen molar-refractivity contribution in [3.63, 3.8) is 0 Å². The van der Waals surface area contributed by atoms with E-state index in [2.05, 4.69) is 20.8 Å². The molecule has 0 saturated heterocycles. The molecular weight excluding hydrogens is 338 g/mol. The second-order valence-electron chi connectivity index (χ2n) is 6.08. The molecule has 0 spiro atoms. The Hall–Kier alpha value is -2.94. The summed E-state index contributed by atoms with van der Waals surface area (Å²) in [5.41, 5.74) is 6.30. The maximum Gasteiger partial charge on any atom is 0.264 e. The van der Waals surface area contributed by atoms with Gasteiger partial charge < -0.3 is 25.6 Å². The van der Waals surface area contributed by atoms with Crippen LogP contribution in [0.1, 0.15) is 25.6 Å². The van der Waals surface area contributed by atoms with E-state index < -0.39 is 6.04 Å². The van der Waals surface area contributed by atoms with E-state index in [1.165, 1.54) is 0 Å². The summed E-state index contributed by atoms with van der Waals surface area (Å²) in [5, 5.41) is 8.87. The zero-order valence-corrected chi connectivity index (χ0v) is 15.0. The lowest BCUT2D eigenvalue weighted by atomic mass is 10.1. The first-order chi connectivity index (χ1) is 12.3. The minimum Gasteiger partial charge on any atom is -0.484 e. The van der Waals surface area contributed by atoms with Gasteiger partial charge in [0.1, 0.15) is 5.75 Å². The van der Waals surface area contributed by atoms with Crippen LogP contribution in [0.15, 0.2) is 28.8 Å². The summed E-state index contributed by atoms with van der Waals surface area (Å²) in [4.78, 5) is 27.6. The summed E-state index contributed by atoms with van der Waals surface area (Å²) in [6.07, 6.45) is 0. The number of nitrogens with one attached hydrogen (secondary N) is 2. The summed E-state index contributed by atoms with van der Waals surface area (Å²) in [7, 11) is 0. The summed E-state index contributed by atoms with van der Waals surface area (Å²) in [6.45, 7) is 5.42. The van der Waals surface area contributed by atoms with E-state index in [0.29, 0.717) is 23.2 Å². The number of carbonyl (C=O) groups is 2. The van der Waals surface area contributed by atoms with Gasteiger partial charge in [-0.1, -0.05) is 19.0 Å². The molecular formula is C17H23N5O4. The predicted octanol–water partition coefficient (Wildman–Crippen LogP) is 0.995. The SMILES string of the molecule is Cc1noc(COc2ccc(NC(=O)CNC(=O)[C@@H](N)C(C)C)cc2)n1. The Morgan fingerprint density at radius 3 is 2.54 bits per heavy atom. The number of hydrogen-bond acceptors (Lipinski definition) is 7. The molecule has 0 bridgehead atoms. The first-order valence-electron chi connectivity index (χ1n) is 8.20. The zero-order chi connectivity index (χ0) is 19.1. The van der Waals surface area contributed by atoms with Crippen LogP contribution in [-0.2, 0) is 16.2 Å². The van der Waals surface area contributed by atoms with Gasteiger partial charge in [-0.3, -0.25) is 9.59 Å². The van der Waals surface area contributed by atoms with Crippen molar-refractivity contribution in [3.05, 3.63) is 36.0 Å². The molecule has 0 saturated carbocycles. The largest absolute Gasteiger partial charge is 0.484 e. The van der Waals surface area contributed by atoms with Gasteiger partial charge in [-0.05, 0) is 37.1 Å². The lowest BCUT2D eigenvalue weighted by Gasteiger charge is -2.15. The summed E-state index contributed by atoms with van der Waals surface area (Å²) in [5.74, 6) is 0.828. The van der Waals surface area contributed by atoms with E-state index in [0.717, 1.165) is 0 Å². The normalized spacial score (nSPS) is 11.9. The van der Waals surface area contributed by atoms with E-state index in [1.54, 1.807) is 31.2 Å². The highest BCUT2D eigenvalue weighted by atomic mass is 16.5. The van der Waals surface area contributed by atoms with Crippen LogP contribution in [0.4, 0.5) is 5.69 Å². The molecule has 0 aliphatic heterocycles. The number of nitrogens with two attached hydrogens (primary N) is 1. The van der Waals surface area contributed by atoms with Crippen molar-refractivity contribution in [2.24, 2.45) is 11.7 Å². The molecule has 1 heterocycles. The molecule has 9 heteroatoms. The predicted molar refractivity (Wildman–Crippen MR) is 94.3 cm³/mol. The van der Waals surface area contributed by atoms with Crippen molar-refractivity contribution in [2.75, 3.05) is 11.9 Å². The van der Waals surface area contributed by atoms with Gasteiger partial charge in [0.05, 0.1) is 12.6 Å². The monoisotopic (exact) mass is 361 g/mol. The highest BCUT2D eigenvalue weighted by Gasteiger charge is 2.17. The molecule has 0 radical (unpaired) electrons. The van der Waals surface area contributed by atoms with Gasteiger partial charge in [-0.2, -0.15) is 4.98 Å². The number of ether oxygens (including phenoxy) is 1. The summed E-state index contributed by atoms with van der Waals surface area (Å²) in [6, 6.07) is 6.14. The Labute approximate surface area is 151 Å². The maximum absolute atomic E-state index is 11.9. The first-order valence-corrected chi connectivity index (χ1v) is 8.20. The highest BCUT2D eigenvalue weighted by molar-refractivity contribution is 5.95. The Balaban J connectivity index is 1.77. The van der Waals surface area contributed by atoms with Gasteiger partial charge in [0.15, 0.2) is 12.4 Å². The van der Waals surface area contributed by atoms with Gasteiger partial charge in [-0.15, -0.1) is 0 Å². The van der Waals surface area contributed by atoms with Crippen molar-refractivity contribution >= 4 is 17.5 Å². The molecule has 4 N–H and O–H groups in total. The van der Waals surface area contributed by atoms with Crippen LogP contribution in [0.25, 0.3) is 0 Å². The van der Waals surface area contributed by atoms with Gasteiger partial charge in [0, 0.05) is 5.69 Å². The molecule has 2 rings (SSSR count). The molecule has 0 aliphatic rings. The number of nitrogens with zero attached hydrogens (tertiary/aromatic N) is 2. The minimum absolute atomic E-state index is 0.00155. The number of carbonyl (C=O) groups excluding carboxylic acids is 2. The number of amides is 2. The summed E-state index contributed by atoms with van der Waals surface area (Å²) < 4.78 is 10.5. The third kappa shape index (κ3) is 5.85. The van der Waals surface area contributed by atoms with E-state index >= 15 is 0 Å². The molecule has 0 unspecified atom stereocenters. The maximum atomic E-state index is 11.9. The molecule has 0 fully saturated rings. The standard InChI is InChI=1S/C17H23N5O4/c1-10(2)16(18)17(24)19-8-14(23)21-12-4-6-13(7-5-12)25-9-15-20-11(3)22-26-15/h4-7,10,16H,8-9,18H2,1-3H3,(H,19,24)(H,21,23)/t16-/m0/s1. The fourth-order valence-electron chi connectivity index (χ4n) is 1.97. The van der Waals surface area contributed by atoms with Crippen LogP contribution in [0.5, 0.6) is 5.75 Å². The van der Waals surface area contributed by atoms with Crippen molar-refractivity contribution in [2.45, 2.75) is 33.4 Å².